The fourth-order valence-electron chi connectivity index (χ4n) is 3.74. The van der Waals surface area contributed by atoms with Gasteiger partial charge < -0.3 is 4.90 Å². The number of piperidine rings is 1. The van der Waals surface area contributed by atoms with Crippen LogP contribution in [0.5, 0.6) is 0 Å². The predicted octanol–water partition coefficient (Wildman–Crippen LogP) is 4.05. The minimum Gasteiger partial charge on any atom is -0.339 e. The number of H-pyrrole nitrogens is 1. The Bertz CT molecular complexity index is 877. The van der Waals surface area contributed by atoms with Gasteiger partial charge in [0.25, 0.3) is 5.91 Å². The first-order valence-corrected chi connectivity index (χ1v) is 9.58. The van der Waals surface area contributed by atoms with Crippen LogP contribution in [0, 0.1) is 0 Å². The molecule has 4 rings (SSSR count). The van der Waals surface area contributed by atoms with Gasteiger partial charge in [-0.05, 0) is 48.4 Å². The van der Waals surface area contributed by atoms with Crippen LogP contribution in [0.2, 0.25) is 0 Å². The van der Waals surface area contributed by atoms with Crippen LogP contribution in [0.4, 0.5) is 0 Å². The Hall–Kier alpha value is -2.95. The van der Waals surface area contributed by atoms with Gasteiger partial charge in [0.2, 0.25) is 0 Å². The topological polar surface area (TPSA) is 61.9 Å². The summed E-state index contributed by atoms with van der Waals surface area (Å²) in [5.74, 6) is 1.37. The molecular weight excluding hydrogens is 336 g/mol. The first-order chi connectivity index (χ1) is 13.2. The SMILES string of the molecule is CCc1ccc(C2CCN(C(=O)c3ccc(-c4ncn[nH]4)cc3)CC2)cc1. The first kappa shape index (κ1) is 17.5. The highest BCUT2D eigenvalue weighted by molar-refractivity contribution is 5.94. The second-order valence-electron chi connectivity index (χ2n) is 7.07. The number of rotatable bonds is 4. The Balaban J connectivity index is 1.38. The zero-order valence-electron chi connectivity index (χ0n) is 15.6. The van der Waals surface area contributed by atoms with Crippen molar-refractivity contribution in [2.24, 2.45) is 0 Å². The monoisotopic (exact) mass is 360 g/mol. The Morgan fingerprint density at radius 3 is 2.37 bits per heavy atom. The average Bonchev–Trinajstić information content (AvgIpc) is 3.28. The molecule has 5 nitrogen and oxygen atoms in total. The van der Waals surface area contributed by atoms with Crippen LogP contribution >= 0.6 is 0 Å². The lowest BCUT2D eigenvalue weighted by Gasteiger charge is -2.32. The van der Waals surface area contributed by atoms with Crippen LogP contribution in [0.3, 0.4) is 0 Å². The summed E-state index contributed by atoms with van der Waals surface area (Å²) < 4.78 is 0. The quantitative estimate of drug-likeness (QED) is 0.763. The molecule has 0 spiro atoms. The lowest BCUT2D eigenvalue weighted by molar-refractivity contribution is 0.0713. The zero-order valence-corrected chi connectivity index (χ0v) is 15.6. The summed E-state index contributed by atoms with van der Waals surface area (Å²) >= 11 is 0. The number of hydrogen-bond acceptors (Lipinski definition) is 3. The van der Waals surface area contributed by atoms with E-state index in [1.807, 2.05) is 29.2 Å². The van der Waals surface area contributed by atoms with Crippen molar-refractivity contribution in [1.29, 1.82) is 0 Å². The number of aromatic amines is 1. The van der Waals surface area contributed by atoms with Gasteiger partial charge in [-0.3, -0.25) is 9.89 Å². The second kappa shape index (κ2) is 7.74. The molecule has 0 unspecified atom stereocenters. The van der Waals surface area contributed by atoms with Gasteiger partial charge >= 0.3 is 0 Å². The molecule has 27 heavy (non-hydrogen) atoms. The summed E-state index contributed by atoms with van der Waals surface area (Å²) in [6.07, 6.45) is 4.59. The van der Waals surface area contributed by atoms with Crippen LogP contribution in [-0.2, 0) is 6.42 Å². The van der Waals surface area contributed by atoms with E-state index in [9.17, 15) is 4.79 Å². The number of nitrogens with one attached hydrogen (secondary N) is 1. The van der Waals surface area contributed by atoms with Crippen LogP contribution in [0.25, 0.3) is 11.4 Å². The number of aromatic nitrogens is 3. The maximum absolute atomic E-state index is 12.8. The van der Waals surface area contributed by atoms with Crippen molar-refractivity contribution >= 4 is 5.91 Å². The van der Waals surface area contributed by atoms with E-state index in [0.717, 1.165) is 43.5 Å². The summed E-state index contributed by atoms with van der Waals surface area (Å²) in [5.41, 5.74) is 4.43. The molecule has 0 aliphatic carbocycles. The molecule has 1 aliphatic rings. The number of aryl methyl sites for hydroxylation is 1. The molecule has 1 saturated heterocycles. The first-order valence-electron chi connectivity index (χ1n) is 9.58. The van der Waals surface area contributed by atoms with E-state index in [1.54, 1.807) is 0 Å². The van der Waals surface area contributed by atoms with Crippen molar-refractivity contribution in [3.63, 3.8) is 0 Å². The molecule has 0 radical (unpaired) electrons. The highest BCUT2D eigenvalue weighted by Crippen LogP contribution is 2.29. The number of nitrogens with zero attached hydrogens (tertiary/aromatic N) is 3. The fourth-order valence-corrected chi connectivity index (χ4v) is 3.74. The third-order valence-electron chi connectivity index (χ3n) is 5.46. The minimum atomic E-state index is 0.110. The minimum absolute atomic E-state index is 0.110. The third-order valence-corrected chi connectivity index (χ3v) is 5.46. The molecule has 1 amide bonds. The average molecular weight is 360 g/mol. The number of amides is 1. The largest absolute Gasteiger partial charge is 0.339 e. The van der Waals surface area contributed by atoms with E-state index in [-0.39, 0.29) is 5.91 Å². The fraction of sp³-hybridized carbons (Fsp3) is 0.318. The molecule has 3 aromatic rings. The van der Waals surface area contributed by atoms with Crippen LogP contribution < -0.4 is 0 Å². The summed E-state index contributed by atoms with van der Waals surface area (Å²) in [4.78, 5) is 18.9. The lowest BCUT2D eigenvalue weighted by atomic mass is 9.88. The van der Waals surface area contributed by atoms with Gasteiger partial charge in [-0.15, -0.1) is 0 Å². The number of likely N-dealkylation sites (tertiary alicyclic amines) is 1. The smallest absolute Gasteiger partial charge is 0.253 e. The molecule has 5 heteroatoms. The molecule has 2 aromatic carbocycles. The van der Waals surface area contributed by atoms with E-state index in [0.29, 0.717) is 11.7 Å². The van der Waals surface area contributed by atoms with Gasteiger partial charge in [-0.25, -0.2) is 4.98 Å². The van der Waals surface area contributed by atoms with Gasteiger partial charge in [-0.2, -0.15) is 5.10 Å². The van der Waals surface area contributed by atoms with Crippen molar-refractivity contribution in [1.82, 2.24) is 20.1 Å². The van der Waals surface area contributed by atoms with Gasteiger partial charge in [0.15, 0.2) is 5.82 Å². The summed E-state index contributed by atoms with van der Waals surface area (Å²) in [7, 11) is 0. The van der Waals surface area contributed by atoms with Gasteiger partial charge in [0.1, 0.15) is 6.33 Å². The molecule has 0 atom stereocenters. The van der Waals surface area contributed by atoms with E-state index >= 15 is 0 Å². The Morgan fingerprint density at radius 1 is 1.07 bits per heavy atom. The Labute approximate surface area is 159 Å². The second-order valence-corrected chi connectivity index (χ2v) is 7.07. The van der Waals surface area contributed by atoms with Crippen molar-refractivity contribution < 1.29 is 4.79 Å². The van der Waals surface area contributed by atoms with Crippen LogP contribution in [0.1, 0.15) is 47.2 Å². The van der Waals surface area contributed by atoms with Crippen molar-refractivity contribution in [3.8, 4) is 11.4 Å². The molecule has 138 valence electrons. The van der Waals surface area contributed by atoms with Crippen LogP contribution in [-0.4, -0.2) is 39.1 Å². The number of carbonyl (C=O) groups is 1. The zero-order chi connectivity index (χ0) is 18.6. The highest BCUT2D eigenvalue weighted by Gasteiger charge is 2.24. The molecule has 0 bridgehead atoms. The van der Waals surface area contributed by atoms with Crippen LogP contribution in [0.15, 0.2) is 54.9 Å². The maximum atomic E-state index is 12.8. The maximum Gasteiger partial charge on any atom is 0.253 e. The molecular formula is C22H24N4O. The number of carbonyl (C=O) groups excluding carboxylic acids is 1. The molecule has 1 fully saturated rings. The van der Waals surface area contributed by atoms with Gasteiger partial charge in [-0.1, -0.05) is 43.3 Å². The van der Waals surface area contributed by atoms with Gasteiger partial charge in [0, 0.05) is 24.2 Å². The van der Waals surface area contributed by atoms with Crippen molar-refractivity contribution in [2.75, 3.05) is 13.1 Å². The van der Waals surface area contributed by atoms with Gasteiger partial charge in [0.05, 0.1) is 0 Å². The Morgan fingerprint density at radius 2 is 1.78 bits per heavy atom. The molecule has 1 aliphatic heterocycles. The molecule has 1 aromatic heterocycles. The van der Waals surface area contributed by atoms with E-state index < -0.39 is 0 Å². The normalized spacial score (nSPS) is 15.1. The Kier molecular flexibility index (Phi) is 5.01. The summed E-state index contributed by atoms with van der Waals surface area (Å²) in [6, 6.07) is 16.5. The molecule has 0 saturated carbocycles. The molecule has 1 N–H and O–H groups in total. The number of benzene rings is 2. The molecule has 2 heterocycles. The third kappa shape index (κ3) is 3.77. The standard InChI is InChI=1S/C22H24N4O/c1-2-16-3-5-17(6-4-16)18-11-13-26(14-12-18)22(27)20-9-7-19(8-10-20)21-23-15-24-25-21/h3-10,15,18H,2,11-14H2,1H3,(H,23,24,25). The summed E-state index contributed by atoms with van der Waals surface area (Å²) in [6.45, 7) is 3.79. The highest BCUT2D eigenvalue weighted by atomic mass is 16.2. The van der Waals surface area contributed by atoms with E-state index in [1.165, 1.54) is 17.5 Å². The lowest BCUT2D eigenvalue weighted by Crippen LogP contribution is -2.37. The van der Waals surface area contributed by atoms with Crippen molar-refractivity contribution in [3.05, 3.63) is 71.5 Å². The van der Waals surface area contributed by atoms with E-state index in [4.69, 9.17) is 0 Å². The van der Waals surface area contributed by atoms with E-state index in [2.05, 4.69) is 46.4 Å². The number of hydrogen-bond donors (Lipinski definition) is 1. The van der Waals surface area contributed by atoms with Crippen molar-refractivity contribution in [2.45, 2.75) is 32.1 Å². The predicted molar refractivity (Wildman–Crippen MR) is 106 cm³/mol. The summed E-state index contributed by atoms with van der Waals surface area (Å²) in [5, 5.41) is 6.70.